The van der Waals surface area contributed by atoms with Crippen LogP contribution in [0.2, 0.25) is 0 Å². The molecule has 0 aliphatic carbocycles. The largest absolute Gasteiger partial charge is 0.497 e. The number of nitrogens with zero attached hydrogens (tertiary/aromatic N) is 6. The number of benzene rings is 2. The molecule has 10 nitrogen and oxygen atoms in total. The molecule has 37 heavy (non-hydrogen) atoms. The van der Waals surface area contributed by atoms with Gasteiger partial charge in [0.1, 0.15) is 11.8 Å². The van der Waals surface area contributed by atoms with Gasteiger partial charge < -0.3 is 19.4 Å². The second-order valence-electron chi connectivity index (χ2n) is 9.40. The molecule has 1 fully saturated rings. The lowest BCUT2D eigenvalue weighted by Crippen LogP contribution is -2.49. The molecule has 2 aromatic carbocycles. The lowest BCUT2D eigenvalue weighted by Gasteiger charge is -2.40. The van der Waals surface area contributed by atoms with E-state index in [1.807, 2.05) is 24.3 Å². The Kier molecular flexibility index (Phi) is 7.20. The predicted molar refractivity (Wildman–Crippen MR) is 142 cm³/mol. The average Bonchev–Trinajstić information content (AvgIpc) is 3.37. The molecule has 1 atom stereocenters. The number of hydrogen-bond donors (Lipinski definition) is 1. The van der Waals surface area contributed by atoms with Crippen molar-refractivity contribution >= 4 is 16.6 Å². The van der Waals surface area contributed by atoms with Crippen molar-refractivity contribution in [3.8, 4) is 5.75 Å². The molecule has 2 aromatic heterocycles. The van der Waals surface area contributed by atoms with Crippen molar-refractivity contribution in [3.63, 3.8) is 0 Å². The second kappa shape index (κ2) is 10.7. The first-order valence-electron chi connectivity index (χ1n) is 12.5. The summed E-state index contributed by atoms with van der Waals surface area (Å²) in [6.45, 7) is 8.46. The van der Waals surface area contributed by atoms with Crippen LogP contribution in [-0.2, 0) is 11.3 Å². The summed E-state index contributed by atoms with van der Waals surface area (Å²) < 4.78 is 12.4. The Balaban J connectivity index is 1.53. The van der Waals surface area contributed by atoms with Crippen LogP contribution in [0.3, 0.4) is 0 Å². The van der Waals surface area contributed by atoms with Crippen LogP contribution in [0, 0.1) is 13.8 Å². The van der Waals surface area contributed by atoms with Gasteiger partial charge in [0.05, 0.1) is 20.3 Å². The van der Waals surface area contributed by atoms with Gasteiger partial charge in [-0.1, -0.05) is 12.1 Å². The summed E-state index contributed by atoms with van der Waals surface area (Å²) in [4.78, 5) is 21.2. The number of H-pyrrole nitrogens is 1. The zero-order chi connectivity index (χ0) is 25.9. The second-order valence-corrected chi connectivity index (χ2v) is 9.40. The van der Waals surface area contributed by atoms with E-state index in [1.165, 1.54) is 16.8 Å². The minimum Gasteiger partial charge on any atom is -0.497 e. The van der Waals surface area contributed by atoms with Gasteiger partial charge in [0.2, 0.25) is 0 Å². The molecule has 4 aromatic rings. The molecule has 0 radical (unpaired) electrons. The molecule has 1 aliphatic rings. The molecule has 10 heteroatoms. The highest BCUT2D eigenvalue weighted by molar-refractivity contribution is 5.80. The maximum atomic E-state index is 13.4. The third-order valence-corrected chi connectivity index (χ3v) is 7.28. The topological polar surface area (TPSA) is 101 Å². The number of ether oxygens (including phenoxy) is 2. The first-order chi connectivity index (χ1) is 18.0. The molecular weight excluding hydrogens is 470 g/mol. The highest BCUT2D eigenvalue weighted by atomic mass is 16.5. The summed E-state index contributed by atoms with van der Waals surface area (Å²) in [6.07, 6.45) is 0. The molecule has 0 saturated carbocycles. The fourth-order valence-electron chi connectivity index (χ4n) is 5.07. The molecular formula is C27H33N7O3. The van der Waals surface area contributed by atoms with E-state index in [1.54, 1.807) is 18.9 Å². The van der Waals surface area contributed by atoms with E-state index >= 15 is 0 Å². The van der Waals surface area contributed by atoms with Crippen molar-refractivity contribution in [1.82, 2.24) is 30.1 Å². The summed E-state index contributed by atoms with van der Waals surface area (Å²) in [5.74, 6) is 1.36. The number of pyridine rings is 1. The molecule has 1 N–H and O–H groups in total. The number of anilines is 1. The van der Waals surface area contributed by atoms with Crippen molar-refractivity contribution in [1.29, 1.82) is 0 Å². The monoisotopic (exact) mass is 503 g/mol. The Bertz CT molecular complexity index is 1440. The number of fused-ring (bicyclic) bond motifs is 1. The maximum Gasteiger partial charge on any atom is 0.253 e. The van der Waals surface area contributed by atoms with Gasteiger partial charge in [-0.2, -0.15) is 0 Å². The van der Waals surface area contributed by atoms with E-state index in [0.717, 1.165) is 42.8 Å². The van der Waals surface area contributed by atoms with Gasteiger partial charge in [0.15, 0.2) is 5.82 Å². The summed E-state index contributed by atoms with van der Waals surface area (Å²) in [6, 6.07) is 13.6. The van der Waals surface area contributed by atoms with Crippen molar-refractivity contribution < 1.29 is 9.47 Å². The Hall–Kier alpha value is -3.76. The Morgan fingerprint density at radius 2 is 1.86 bits per heavy atom. The number of aromatic nitrogens is 5. The van der Waals surface area contributed by atoms with Gasteiger partial charge in [-0.25, -0.2) is 4.68 Å². The van der Waals surface area contributed by atoms with E-state index in [2.05, 4.69) is 62.4 Å². The van der Waals surface area contributed by atoms with Gasteiger partial charge in [-0.3, -0.25) is 9.69 Å². The standard InChI is InChI=1S/C27H33N7O3/c1-18-6-5-7-24(19(18)2)32-10-12-33(13-11-32)25(26-29-30-31-34(26)14-15-36-3)22-17-20-16-21(37-4)8-9-23(20)28-27(22)35/h5-9,16-17,25H,10-15H2,1-4H3,(H,28,35)/t25-/m1/s1. The Morgan fingerprint density at radius 3 is 2.62 bits per heavy atom. The van der Waals surface area contributed by atoms with Crippen LogP contribution in [0.15, 0.2) is 47.3 Å². The summed E-state index contributed by atoms with van der Waals surface area (Å²) >= 11 is 0. The fourth-order valence-corrected chi connectivity index (χ4v) is 5.07. The summed E-state index contributed by atoms with van der Waals surface area (Å²) in [5.41, 5.74) is 5.06. The van der Waals surface area contributed by atoms with E-state index < -0.39 is 6.04 Å². The SMILES string of the molecule is COCCn1nnnc1[C@@H](c1cc2cc(OC)ccc2[nH]c1=O)N1CCN(c2cccc(C)c2C)CC1. The Morgan fingerprint density at radius 1 is 1.05 bits per heavy atom. The summed E-state index contributed by atoms with van der Waals surface area (Å²) in [7, 11) is 3.28. The van der Waals surface area contributed by atoms with E-state index in [-0.39, 0.29) is 5.56 Å². The average molecular weight is 504 g/mol. The number of aromatic amines is 1. The van der Waals surface area contributed by atoms with Crippen molar-refractivity contribution in [2.45, 2.75) is 26.4 Å². The Labute approximate surface area is 215 Å². The van der Waals surface area contributed by atoms with Crippen LogP contribution in [0.4, 0.5) is 5.69 Å². The molecule has 3 heterocycles. The minimum atomic E-state index is -0.410. The van der Waals surface area contributed by atoms with Gasteiger partial charge in [0, 0.05) is 55.4 Å². The first kappa shape index (κ1) is 24.9. The lowest BCUT2D eigenvalue weighted by atomic mass is 10.0. The first-order valence-corrected chi connectivity index (χ1v) is 12.5. The molecule has 0 spiro atoms. The van der Waals surface area contributed by atoms with Crippen molar-refractivity contribution in [2.24, 2.45) is 0 Å². The molecule has 0 bridgehead atoms. The molecule has 1 saturated heterocycles. The number of hydrogen-bond acceptors (Lipinski definition) is 8. The summed E-state index contributed by atoms with van der Waals surface area (Å²) in [5, 5.41) is 13.4. The zero-order valence-electron chi connectivity index (χ0n) is 21.8. The third kappa shape index (κ3) is 4.94. The minimum absolute atomic E-state index is 0.152. The number of rotatable bonds is 8. The predicted octanol–water partition coefficient (Wildman–Crippen LogP) is 2.70. The van der Waals surface area contributed by atoms with Crippen LogP contribution in [0.5, 0.6) is 5.75 Å². The maximum absolute atomic E-state index is 13.4. The van der Waals surface area contributed by atoms with Gasteiger partial charge in [0.25, 0.3) is 5.56 Å². The van der Waals surface area contributed by atoms with E-state index in [0.29, 0.717) is 24.5 Å². The smallest absolute Gasteiger partial charge is 0.253 e. The number of aryl methyl sites for hydroxylation is 1. The van der Waals surface area contributed by atoms with Crippen LogP contribution in [0.25, 0.3) is 10.9 Å². The highest BCUT2D eigenvalue weighted by Gasteiger charge is 2.33. The lowest BCUT2D eigenvalue weighted by molar-refractivity contribution is 0.171. The van der Waals surface area contributed by atoms with E-state index in [9.17, 15) is 4.79 Å². The van der Waals surface area contributed by atoms with Crippen molar-refractivity contribution in [2.75, 3.05) is 51.9 Å². The highest BCUT2D eigenvalue weighted by Crippen LogP contribution is 2.31. The van der Waals surface area contributed by atoms with Gasteiger partial charge >= 0.3 is 0 Å². The molecule has 194 valence electrons. The van der Waals surface area contributed by atoms with Crippen LogP contribution in [0.1, 0.15) is 28.6 Å². The molecule has 0 amide bonds. The van der Waals surface area contributed by atoms with Crippen LogP contribution in [-0.4, -0.2) is 77.1 Å². The quantitative estimate of drug-likeness (QED) is 0.392. The fraction of sp³-hybridized carbons (Fsp3) is 0.407. The number of tetrazole rings is 1. The molecule has 0 unspecified atom stereocenters. The van der Waals surface area contributed by atoms with Crippen LogP contribution >= 0.6 is 0 Å². The van der Waals surface area contributed by atoms with Crippen LogP contribution < -0.4 is 15.2 Å². The molecule has 5 rings (SSSR count). The van der Waals surface area contributed by atoms with E-state index in [4.69, 9.17) is 9.47 Å². The zero-order valence-corrected chi connectivity index (χ0v) is 21.8. The third-order valence-electron chi connectivity index (χ3n) is 7.28. The number of piperazine rings is 1. The van der Waals surface area contributed by atoms with Gasteiger partial charge in [-0.15, -0.1) is 5.10 Å². The normalized spacial score (nSPS) is 15.3. The number of methoxy groups -OCH3 is 2. The number of nitrogens with one attached hydrogen (secondary N) is 1. The van der Waals surface area contributed by atoms with Crippen molar-refractivity contribution in [3.05, 3.63) is 75.3 Å². The van der Waals surface area contributed by atoms with Gasteiger partial charge in [-0.05, 0) is 65.7 Å². The molecule has 1 aliphatic heterocycles.